The van der Waals surface area contributed by atoms with Gasteiger partial charge in [0.2, 0.25) is 0 Å². The molecule has 0 amide bonds. The predicted octanol–water partition coefficient (Wildman–Crippen LogP) is 1.96. The molecule has 0 unspecified atom stereocenters. The molecular formula is C13H21N3. The highest BCUT2D eigenvalue weighted by molar-refractivity contribution is 5.16. The second-order valence-corrected chi connectivity index (χ2v) is 4.98. The number of hydrogen-bond donors (Lipinski definition) is 2. The van der Waals surface area contributed by atoms with Crippen LogP contribution in [-0.2, 0) is 13.1 Å². The van der Waals surface area contributed by atoms with E-state index in [1.54, 1.807) is 0 Å². The molecule has 2 rings (SSSR count). The minimum atomic E-state index is 0.339. The maximum atomic E-state index is 5.58. The summed E-state index contributed by atoms with van der Waals surface area (Å²) in [6.07, 6.45) is 7.14. The second-order valence-electron chi connectivity index (χ2n) is 4.98. The van der Waals surface area contributed by atoms with Gasteiger partial charge in [0.15, 0.2) is 0 Å². The standard InChI is InChI=1S/C13H21N3/c1-13(5-2-3-6-13)16-10-11-4-7-15-12(8-11)9-14/h4,7-8,16H,2-3,5-6,9-10,14H2,1H3. The van der Waals surface area contributed by atoms with Crippen LogP contribution in [0.3, 0.4) is 0 Å². The molecule has 1 saturated carbocycles. The van der Waals surface area contributed by atoms with Gasteiger partial charge in [-0.2, -0.15) is 0 Å². The van der Waals surface area contributed by atoms with Crippen molar-refractivity contribution in [3.63, 3.8) is 0 Å². The average Bonchev–Trinajstić information content (AvgIpc) is 2.75. The van der Waals surface area contributed by atoms with E-state index in [9.17, 15) is 0 Å². The van der Waals surface area contributed by atoms with Crippen molar-refractivity contribution in [2.24, 2.45) is 5.73 Å². The lowest BCUT2D eigenvalue weighted by molar-refractivity contribution is 0.362. The monoisotopic (exact) mass is 219 g/mol. The summed E-state index contributed by atoms with van der Waals surface area (Å²) in [5, 5.41) is 3.66. The van der Waals surface area contributed by atoms with Crippen LogP contribution in [0.25, 0.3) is 0 Å². The van der Waals surface area contributed by atoms with E-state index in [1.165, 1.54) is 31.2 Å². The molecule has 0 aromatic carbocycles. The Morgan fingerprint density at radius 3 is 2.88 bits per heavy atom. The molecule has 0 radical (unpaired) electrons. The maximum absolute atomic E-state index is 5.58. The first-order chi connectivity index (χ1) is 7.72. The first-order valence-corrected chi connectivity index (χ1v) is 6.11. The summed E-state index contributed by atoms with van der Waals surface area (Å²) in [7, 11) is 0. The number of rotatable bonds is 4. The van der Waals surface area contributed by atoms with E-state index in [-0.39, 0.29) is 0 Å². The molecule has 88 valence electrons. The molecule has 1 aliphatic rings. The van der Waals surface area contributed by atoms with Crippen molar-refractivity contribution in [3.8, 4) is 0 Å². The van der Waals surface area contributed by atoms with Gasteiger partial charge in [-0.3, -0.25) is 4.98 Å². The highest BCUT2D eigenvalue weighted by atomic mass is 15.0. The Hall–Kier alpha value is -0.930. The van der Waals surface area contributed by atoms with E-state index in [2.05, 4.69) is 29.4 Å². The van der Waals surface area contributed by atoms with Crippen LogP contribution in [0.5, 0.6) is 0 Å². The van der Waals surface area contributed by atoms with Crippen LogP contribution in [-0.4, -0.2) is 10.5 Å². The van der Waals surface area contributed by atoms with E-state index in [0.717, 1.165) is 12.2 Å². The second kappa shape index (κ2) is 4.93. The Labute approximate surface area is 97.5 Å². The molecule has 0 saturated heterocycles. The topological polar surface area (TPSA) is 50.9 Å². The molecule has 16 heavy (non-hydrogen) atoms. The Morgan fingerprint density at radius 2 is 2.19 bits per heavy atom. The lowest BCUT2D eigenvalue weighted by Gasteiger charge is -2.25. The first-order valence-electron chi connectivity index (χ1n) is 6.11. The van der Waals surface area contributed by atoms with Gasteiger partial charge >= 0.3 is 0 Å². The third-order valence-corrected chi connectivity index (χ3v) is 3.52. The van der Waals surface area contributed by atoms with Crippen LogP contribution >= 0.6 is 0 Å². The van der Waals surface area contributed by atoms with E-state index >= 15 is 0 Å². The summed E-state index contributed by atoms with van der Waals surface area (Å²) in [6, 6.07) is 4.15. The molecule has 1 aliphatic carbocycles. The third-order valence-electron chi connectivity index (χ3n) is 3.52. The normalized spacial score (nSPS) is 18.9. The Kier molecular flexibility index (Phi) is 3.56. The molecule has 0 spiro atoms. The fourth-order valence-corrected chi connectivity index (χ4v) is 2.40. The van der Waals surface area contributed by atoms with Crippen molar-refractivity contribution in [3.05, 3.63) is 29.6 Å². The zero-order valence-electron chi connectivity index (χ0n) is 10.00. The van der Waals surface area contributed by atoms with Gasteiger partial charge in [0.05, 0.1) is 5.69 Å². The van der Waals surface area contributed by atoms with Crippen LogP contribution in [0, 0.1) is 0 Å². The number of nitrogens with two attached hydrogens (primary N) is 1. The van der Waals surface area contributed by atoms with Crippen molar-refractivity contribution in [2.45, 2.75) is 51.2 Å². The predicted molar refractivity (Wildman–Crippen MR) is 65.8 cm³/mol. The van der Waals surface area contributed by atoms with E-state index < -0.39 is 0 Å². The number of pyridine rings is 1. The SMILES string of the molecule is CC1(NCc2ccnc(CN)c2)CCCC1. The minimum Gasteiger partial charge on any atom is -0.325 e. The van der Waals surface area contributed by atoms with Gasteiger partial charge in [0.25, 0.3) is 0 Å². The van der Waals surface area contributed by atoms with Gasteiger partial charge in [-0.25, -0.2) is 0 Å². The largest absolute Gasteiger partial charge is 0.325 e. The summed E-state index contributed by atoms with van der Waals surface area (Å²) in [4.78, 5) is 4.20. The number of nitrogens with one attached hydrogen (secondary N) is 1. The molecular weight excluding hydrogens is 198 g/mol. The summed E-state index contributed by atoms with van der Waals surface area (Å²) >= 11 is 0. The zero-order chi connectivity index (χ0) is 11.4. The van der Waals surface area contributed by atoms with Gasteiger partial charge in [-0.15, -0.1) is 0 Å². The Bertz CT molecular complexity index is 343. The van der Waals surface area contributed by atoms with Gasteiger partial charge < -0.3 is 11.1 Å². The molecule has 3 nitrogen and oxygen atoms in total. The fraction of sp³-hybridized carbons (Fsp3) is 0.615. The molecule has 1 fully saturated rings. The highest BCUT2D eigenvalue weighted by Gasteiger charge is 2.27. The lowest BCUT2D eigenvalue weighted by Crippen LogP contribution is -2.38. The Morgan fingerprint density at radius 1 is 1.44 bits per heavy atom. The molecule has 0 bridgehead atoms. The van der Waals surface area contributed by atoms with E-state index in [4.69, 9.17) is 5.73 Å². The van der Waals surface area contributed by atoms with Crippen LogP contribution in [0.4, 0.5) is 0 Å². The van der Waals surface area contributed by atoms with Gasteiger partial charge in [-0.05, 0) is 37.5 Å². The maximum Gasteiger partial charge on any atom is 0.0542 e. The van der Waals surface area contributed by atoms with Gasteiger partial charge in [0, 0.05) is 24.8 Å². The quantitative estimate of drug-likeness (QED) is 0.814. The number of nitrogens with zero attached hydrogens (tertiary/aromatic N) is 1. The average molecular weight is 219 g/mol. The highest BCUT2D eigenvalue weighted by Crippen LogP contribution is 2.29. The summed E-state index contributed by atoms with van der Waals surface area (Å²) in [5.74, 6) is 0. The van der Waals surface area contributed by atoms with Gasteiger partial charge in [-0.1, -0.05) is 12.8 Å². The molecule has 1 aromatic rings. The Balaban J connectivity index is 1.93. The van der Waals surface area contributed by atoms with Crippen molar-refractivity contribution in [1.82, 2.24) is 10.3 Å². The van der Waals surface area contributed by atoms with Crippen molar-refractivity contribution < 1.29 is 0 Å². The molecule has 1 aromatic heterocycles. The lowest BCUT2D eigenvalue weighted by atomic mass is 10.0. The number of aromatic nitrogens is 1. The third kappa shape index (κ3) is 2.80. The molecule has 0 atom stereocenters. The van der Waals surface area contributed by atoms with Crippen molar-refractivity contribution in [2.75, 3.05) is 0 Å². The van der Waals surface area contributed by atoms with Crippen LogP contribution in [0.15, 0.2) is 18.3 Å². The summed E-state index contributed by atoms with van der Waals surface area (Å²) in [6.45, 7) is 3.77. The van der Waals surface area contributed by atoms with Crippen molar-refractivity contribution >= 4 is 0 Å². The zero-order valence-corrected chi connectivity index (χ0v) is 10.00. The van der Waals surface area contributed by atoms with E-state index in [0.29, 0.717) is 12.1 Å². The molecule has 0 aliphatic heterocycles. The molecule has 3 N–H and O–H groups in total. The smallest absolute Gasteiger partial charge is 0.0542 e. The summed E-state index contributed by atoms with van der Waals surface area (Å²) < 4.78 is 0. The van der Waals surface area contributed by atoms with Gasteiger partial charge in [0.1, 0.15) is 0 Å². The molecule has 3 heteroatoms. The fourth-order valence-electron chi connectivity index (χ4n) is 2.40. The van der Waals surface area contributed by atoms with E-state index in [1.807, 2.05) is 6.20 Å². The first kappa shape index (κ1) is 11.6. The minimum absolute atomic E-state index is 0.339. The van der Waals surface area contributed by atoms with Crippen LogP contribution in [0.1, 0.15) is 43.9 Å². The summed E-state index contributed by atoms with van der Waals surface area (Å²) in [5.41, 5.74) is 8.17. The molecule has 1 heterocycles. The van der Waals surface area contributed by atoms with Crippen LogP contribution in [0.2, 0.25) is 0 Å². The number of hydrogen-bond acceptors (Lipinski definition) is 3. The van der Waals surface area contributed by atoms with Crippen LogP contribution < -0.4 is 11.1 Å². The van der Waals surface area contributed by atoms with Crippen molar-refractivity contribution in [1.29, 1.82) is 0 Å².